The molecule has 3 rings (SSSR count). The van der Waals surface area contributed by atoms with Crippen molar-refractivity contribution in [1.29, 1.82) is 5.26 Å². The minimum atomic E-state index is -0.223. The van der Waals surface area contributed by atoms with Gasteiger partial charge in [0.05, 0.1) is 5.56 Å². The number of thioether (sulfide) groups is 1. The zero-order chi connectivity index (χ0) is 19.7. The lowest BCUT2D eigenvalue weighted by molar-refractivity contribution is -0.115. The molecule has 0 saturated carbocycles. The van der Waals surface area contributed by atoms with Crippen LogP contribution >= 0.6 is 23.1 Å². The number of hydrogen-bond acceptors (Lipinski definition) is 5. The van der Waals surface area contributed by atoms with Crippen molar-refractivity contribution >= 4 is 34.0 Å². The number of carbonyl (C=O) groups is 1. The van der Waals surface area contributed by atoms with Gasteiger partial charge in [0.15, 0.2) is 0 Å². The van der Waals surface area contributed by atoms with Crippen LogP contribution in [0.2, 0.25) is 0 Å². The summed E-state index contributed by atoms with van der Waals surface area (Å²) in [7, 11) is 0. The Morgan fingerprint density at radius 2 is 2.00 bits per heavy atom. The normalized spacial score (nSPS) is 17.0. The third kappa shape index (κ3) is 4.55. The summed E-state index contributed by atoms with van der Waals surface area (Å²) < 4.78 is 0. The second-order valence-corrected chi connectivity index (χ2v) is 10.2. The molecule has 0 atom stereocenters. The van der Waals surface area contributed by atoms with Crippen LogP contribution in [-0.4, -0.2) is 17.2 Å². The molecular formula is C21H25N3OS2. The summed E-state index contributed by atoms with van der Waals surface area (Å²) in [6.45, 7) is 8.56. The lowest BCUT2D eigenvalue weighted by Crippen LogP contribution is -2.54. The number of nitrogens with zero attached hydrogens (tertiary/aromatic N) is 1. The first-order valence-corrected chi connectivity index (χ1v) is 10.9. The molecule has 27 heavy (non-hydrogen) atoms. The zero-order valence-electron chi connectivity index (χ0n) is 16.2. The van der Waals surface area contributed by atoms with Crippen molar-refractivity contribution in [1.82, 2.24) is 5.32 Å². The first kappa shape index (κ1) is 19.9. The molecule has 0 saturated heterocycles. The Morgan fingerprint density at radius 1 is 1.30 bits per heavy atom. The topological polar surface area (TPSA) is 64.9 Å². The van der Waals surface area contributed by atoms with Gasteiger partial charge in [-0.3, -0.25) is 4.79 Å². The smallest absolute Gasteiger partial charge is 0.225 e. The molecule has 4 nitrogen and oxygen atoms in total. The van der Waals surface area contributed by atoms with Gasteiger partial charge in [0.1, 0.15) is 11.1 Å². The van der Waals surface area contributed by atoms with E-state index < -0.39 is 0 Å². The number of carbonyl (C=O) groups excluding carboxylic acids is 1. The maximum absolute atomic E-state index is 12.4. The fourth-order valence-corrected chi connectivity index (χ4v) is 5.82. The number of rotatable bonds is 5. The van der Waals surface area contributed by atoms with Crippen molar-refractivity contribution < 1.29 is 4.79 Å². The Labute approximate surface area is 169 Å². The molecule has 0 fully saturated rings. The van der Waals surface area contributed by atoms with Crippen LogP contribution in [0, 0.1) is 11.3 Å². The van der Waals surface area contributed by atoms with E-state index in [0.29, 0.717) is 22.7 Å². The van der Waals surface area contributed by atoms with E-state index in [2.05, 4.69) is 44.4 Å². The molecule has 0 bridgehead atoms. The largest absolute Gasteiger partial charge is 0.317 e. The second kappa shape index (κ2) is 7.67. The fourth-order valence-electron chi connectivity index (χ4n) is 3.70. The average molecular weight is 400 g/mol. The quantitative estimate of drug-likeness (QED) is 0.702. The molecule has 2 N–H and O–H groups in total. The molecule has 2 heterocycles. The third-order valence-electron chi connectivity index (χ3n) is 4.55. The first-order valence-electron chi connectivity index (χ1n) is 9.05. The molecular weight excluding hydrogens is 374 g/mol. The molecule has 0 unspecified atom stereocenters. The summed E-state index contributed by atoms with van der Waals surface area (Å²) in [5.74, 6) is 0.668. The molecule has 1 amide bonds. The number of hydrogen-bond donors (Lipinski definition) is 2. The Morgan fingerprint density at radius 3 is 2.67 bits per heavy atom. The number of amides is 1. The number of nitriles is 1. The highest BCUT2D eigenvalue weighted by Gasteiger charge is 2.40. The monoisotopic (exact) mass is 399 g/mol. The number of nitrogens with one attached hydrogen (secondary N) is 2. The van der Waals surface area contributed by atoms with Gasteiger partial charge in [-0.15, -0.1) is 23.1 Å². The van der Waals surface area contributed by atoms with Gasteiger partial charge < -0.3 is 10.6 Å². The standard InChI is InChI=1S/C21H25N3OS2/c1-20(2)12-15-16(13-22)19(27-18(15)21(3,4)24-20)23-17(25)10-11-26-14-8-6-5-7-9-14/h5-9,24H,10-12H2,1-4H3,(H,23,25). The Balaban J connectivity index is 1.71. The zero-order valence-corrected chi connectivity index (χ0v) is 17.8. The molecule has 1 aliphatic heterocycles. The van der Waals surface area contributed by atoms with Crippen molar-refractivity contribution in [3.8, 4) is 6.07 Å². The number of thiophene rings is 1. The molecule has 0 radical (unpaired) electrons. The second-order valence-electron chi connectivity index (χ2n) is 8.00. The maximum atomic E-state index is 12.4. The van der Waals surface area contributed by atoms with Crippen LogP contribution in [-0.2, 0) is 16.8 Å². The molecule has 1 aromatic carbocycles. The number of benzene rings is 1. The van der Waals surface area contributed by atoms with Gasteiger partial charge in [0.25, 0.3) is 0 Å². The summed E-state index contributed by atoms with van der Waals surface area (Å²) in [6, 6.07) is 12.4. The Hall–Kier alpha value is -1.81. The number of anilines is 1. The minimum Gasteiger partial charge on any atom is -0.317 e. The average Bonchev–Trinajstić information content (AvgIpc) is 2.91. The fraction of sp³-hybridized carbons (Fsp3) is 0.429. The van der Waals surface area contributed by atoms with Gasteiger partial charge in [-0.1, -0.05) is 18.2 Å². The molecule has 1 aliphatic rings. The summed E-state index contributed by atoms with van der Waals surface area (Å²) in [5, 5.41) is 17.0. The van der Waals surface area contributed by atoms with Gasteiger partial charge in [0, 0.05) is 33.0 Å². The van der Waals surface area contributed by atoms with Crippen LogP contribution in [0.4, 0.5) is 5.00 Å². The molecule has 0 spiro atoms. The summed E-state index contributed by atoms with van der Waals surface area (Å²) in [5.41, 5.74) is 1.39. The van der Waals surface area contributed by atoms with E-state index in [1.807, 2.05) is 30.3 Å². The maximum Gasteiger partial charge on any atom is 0.225 e. The van der Waals surface area contributed by atoms with E-state index in [1.165, 1.54) is 11.3 Å². The van der Waals surface area contributed by atoms with Crippen molar-refractivity contribution in [2.75, 3.05) is 11.1 Å². The van der Waals surface area contributed by atoms with Gasteiger partial charge in [-0.2, -0.15) is 5.26 Å². The van der Waals surface area contributed by atoms with Gasteiger partial charge in [-0.25, -0.2) is 0 Å². The van der Waals surface area contributed by atoms with E-state index >= 15 is 0 Å². The lowest BCUT2D eigenvalue weighted by atomic mass is 9.81. The lowest BCUT2D eigenvalue weighted by Gasteiger charge is -2.42. The molecule has 2 aromatic rings. The van der Waals surface area contributed by atoms with Crippen LogP contribution in [0.5, 0.6) is 0 Å². The first-order chi connectivity index (χ1) is 12.7. The van der Waals surface area contributed by atoms with Gasteiger partial charge >= 0.3 is 0 Å². The minimum absolute atomic E-state index is 0.0430. The van der Waals surface area contributed by atoms with Crippen LogP contribution in [0.1, 0.15) is 50.1 Å². The van der Waals surface area contributed by atoms with Crippen molar-refractivity contribution in [3.63, 3.8) is 0 Å². The van der Waals surface area contributed by atoms with Crippen LogP contribution in [0.3, 0.4) is 0 Å². The van der Waals surface area contributed by atoms with Gasteiger partial charge in [-0.05, 0) is 51.8 Å². The highest BCUT2D eigenvalue weighted by molar-refractivity contribution is 7.99. The third-order valence-corrected chi connectivity index (χ3v) is 7.04. The van der Waals surface area contributed by atoms with E-state index in [-0.39, 0.29) is 17.0 Å². The SMILES string of the molecule is CC1(C)Cc2c(sc(NC(=O)CCSc3ccccc3)c2C#N)C(C)(C)N1. The van der Waals surface area contributed by atoms with Crippen LogP contribution in [0.15, 0.2) is 35.2 Å². The summed E-state index contributed by atoms with van der Waals surface area (Å²) >= 11 is 3.19. The highest BCUT2D eigenvalue weighted by atomic mass is 32.2. The van der Waals surface area contributed by atoms with Crippen molar-refractivity contribution in [2.24, 2.45) is 0 Å². The Kier molecular flexibility index (Phi) is 5.66. The predicted octanol–water partition coefficient (Wildman–Crippen LogP) is 4.90. The Bertz CT molecular complexity index is 879. The van der Waals surface area contributed by atoms with Gasteiger partial charge in [0.2, 0.25) is 5.91 Å². The molecule has 1 aromatic heterocycles. The molecule has 142 valence electrons. The number of fused-ring (bicyclic) bond motifs is 1. The van der Waals surface area contributed by atoms with Crippen LogP contribution in [0.25, 0.3) is 0 Å². The van der Waals surface area contributed by atoms with Crippen molar-refractivity contribution in [2.45, 2.75) is 56.5 Å². The molecule has 6 heteroatoms. The van der Waals surface area contributed by atoms with Crippen LogP contribution < -0.4 is 10.6 Å². The predicted molar refractivity (Wildman–Crippen MR) is 113 cm³/mol. The van der Waals surface area contributed by atoms with E-state index in [4.69, 9.17) is 0 Å². The van der Waals surface area contributed by atoms with E-state index in [9.17, 15) is 10.1 Å². The molecule has 0 aliphatic carbocycles. The van der Waals surface area contributed by atoms with E-state index in [0.717, 1.165) is 21.8 Å². The van der Waals surface area contributed by atoms with Crippen molar-refractivity contribution in [3.05, 3.63) is 46.3 Å². The van der Waals surface area contributed by atoms with E-state index in [1.54, 1.807) is 11.8 Å². The highest BCUT2D eigenvalue weighted by Crippen LogP contribution is 2.44. The summed E-state index contributed by atoms with van der Waals surface area (Å²) in [6.07, 6.45) is 1.20. The summed E-state index contributed by atoms with van der Waals surface area (Å²) in [4.78, 5) is 14.7.